The second kappa shape index (κ2) is 8.35. The number of nitrogens with two attached hydrogens (primary N) is 1. The summed E-state index contributed by atoms with van der Waals surface area (Å²) in [6.07, 6.45) is 2.74. The zero-order chi connectivity index (χ0) is 19.4. The van der Waals surface area contributed by atoms with Gasteiger partial charge in [-0.25, -0.2) is 14.8 Å². The fraction of sp³-hybridized carbons (Fsp3) is 0.450. The lowest BCUT2D eigenvalue weighted by atomic mass is 10.2. The molecule has 144 valence electrons. The number of rotatable bonds is 8. The van der Waals surface area contributed by atoms with Crippen molar-refractivity contribution >= 4 is 34.0 Å². The molecular formula is C20H26N4O3. The summed E-state index contributed by atoms with van der Waals surface area (Å²) in [6, 6.07) is 7.58. The molecule has 1 atom stereocenters. The molecule has 0 aliphatic heterocycles. The van der Waals surface area contributed by atoms with Gasteiger partial charge < -0.3 is 19.8 Å². The molecule has 0 amide bonds. The van der Waals surface area contributed by atoms with Crippen molar-refractivity contribution in [3.05, 3.63) is 29.8 Å². The Morgan fingerprint density at radius 1 is 1.22 bits per heavy atom. The molecule has 2 N–H and O–H groups in total. The van der Waals surface area contributed by atoms with E-state index in [1.165, 1.54) is 0 Å². The number of aryl methyl sites for hydroxylation is 1. The molecule has 2 heterocycles. The van der Waals surface area contributed by atoms with E-state index in [1.807, 2.05) is 28.8 Å². The summed E-state index contributed by atoms with van der Waals surface area (Å²) in [5, 5.41) is 0. The monoisotopic (exact) mass is 370 g/mol. The Labute approximate surface area is 158 Å². The first-order valence-electron chi connectivity index (χ1n) is 9.31. The van der Waals surface area contributed by atoms with Gasteiger partial charge in [0.1, 0.15) is 23.0 Å². The molecule has 0 saturated carbocycles. The lowest BCUT2D eigenvalue weighted by Crippen LogP contribution is -2.20. The number of aromatic nitrogens is 3. The van der Waals surface area contributed by atoms with Crippen LogP contribution >= 0.6 is 0 Å². The topological polar surface area (TPSA) is 92.3 Å². The minimum absolute atomic E-state index is 0.280. The highest BCUT2D eigenvalue weighted by Gasteiger charge is 2.26. The van der Waals surface area contributed by atoms with Gasteiger partial charge >= 0.3 is 5.97 Å². The molecule has 0 bridgehead atoms. The Kier molecular flexibility index (Phi) is 5.91. The fourth-order valence-corrected chi connectivity index (χ4v) is 3.17. The molecule has 3 aromatic rings. The summed E-state index contributed by atoms with van der Waals surface area (Å²) in [5.41, 5.74) is 9.23. The van der Waals surface area contributed by atoms with Crippen LogP contribution in [-0.4, -0.2) is 40.3 Å². The maximum atomic E-state index is 12.8. The van der Waals surface area contributed by atoms with Crippen molar-refractivity contribution in [2.45, 2.75) is 45.8 Å². The van der Waals surface area contributed by atoms with Crippen molar-refractivity contribution < 1.29 is 14.3 Å². The normalized spacial score (nSPS) is 12.6. The van der Waals surface area contributed by atoms with Gasteiger partial charge in [-0.3, -0.25) is 0 Å². The first-order valence-corrected chi connectivity index (χ1v) is 9.31. The summed E-state index contributed by atoms with van der Waals surface area (Å²) in [7, 11) is 1.57. The zero-order valence-electron chi connectivity index (χ0n) is 16.1. The Morgan fingerprint density at radius 3 is 2.59 bits per heavy atom. The third-order valence-electron chi connectivity index (χ3n) is 4.49. The van der Waals surface area contributed by atoms with Crippen LogP contribution in [0.15, 0.2) is 24.3 Å². The van der Waals surface area contributed by atoms with Crippen LogP contribution in [-0.2, 0) is 16.0 Å². The molecule has 0 spiro atoms. The van der Waals surface area contributed by atoms with Gasteiger partial charge in [-0.15, -0.1) is 0 Å². The standard InChI is InChI=1S/C20H26N4O3/c1-4-5-8-11-24-18(21)16(20(25)27-13(2)12-26-3)17-19(24)23-15-10-7-6-9-14(15)22-17/h6-7,9-10,13H,4-5,8,11-12,21H2,1-3H3/t13-/m1/s1. The van der Waals surface area contributed by atoms with E-state index < -0.39 is 5.97 Å². The molecule has 0 fully saturated rings. The molecule has 0 aliphatic rings. The average molecular weight is 370 g/mol. The van der Waals surface area contributed by atoms with Crippen LogP contribution in [0.25, 0.3) is 22.2 Å². The molecule has 0 saturated heterocycles. The van der Waals surface area contributed by atoms with Gasteiger partial charge in [-0.1, -0.05) is 31.9 Å². The van der Waals surface area contributed by atoms with Crippen LogP contribution in [0.2, 0.25) is 0 Å². The van der Waals surface area contributed by atoms with Crippen LogP contribution in [0.3, 0.4) is 0 Å². The summed E-state index contributed by atoms with van der Waals surface area (Å²) in [5.74, 6) is -0.146. The largest absolute Gasteiger partial charge is 0.456 e. The molecule has 7 nitrogen and oxygen atoms in total. The van der Waals surface area contributed by atoms with Crippen molar-refractivity contribution in [2.75, 3.05) is 19.5 Å². The molecule has 0 unspecified atom stereocenters. The van der Waals surface area contributed by atoms with E-state index >= 15 is 0 Å². The lowest BCUT2D eigenvalue weighted by Gasteiger charge is -2.12. The average Bonchev–Trinajstić information content (AvgIpc) is 2.91. The minimum Gasteiger partial charge on any atom is -0.456 e. The number of fused-ring (bicyclic) bond motifs is 2. The van der Waals surface area contributed by atoms with Gasteiger partial charge in [-0.05, 0) is 25.5 Å². The van der Waals surface area contributed by atoms with Crippen LogP contribution in [0.5, 0.6) is 0 Å². The Balaban J connectivity index is 2.11. The van der Waals surface area contributed by atoms with Gasteiger partial charge in [0.15, 0.2) is 5.65 Å². The third-order valence-corrected chi connectivity index (χ3v) is 4.49. The van der Waals surface area contributed by atoms with Crippen molar-refractivity contribution in [3.63, 3.8) is 0 Å². The summed E-state index contributed by atoms with van der Waals surface area (Å²) in [4.78, 5) is 22.2. The highest BCUT2D eigenvalue weighted by molar-refractivity contribution is 6.08. The Hall–Kier alpha value is -2.67. The number of ether oxygens (including phenoxy) is 2. The van der Waals surface area contributed by atoms with Gasteiger partial charge in [0.2, 0.25) is 0 Å². The van der Waals surface area contributed by atoms with Crippen molar-refractivity contribution in [1.82, 2.24) is 14.5 Å². The van der Waals surface area contributed by atoms with Crippen LogP contribution in [0.1, 0.15) is 43.5 Å². The predicted octanol–water partition coefficient (Wildman–Crippen LogP) is 3.55. The lowest BCUT2D eigenvalue weighted by molar-refractivity contribution is 0.0123. The highest BCUT2D eigenvalue weighted by atomic mass is 16.6. The highest BCUT2D eigenvalue weighted by Crippen LogP contribution is 2.29. The number of hydrogen-bond donors (Lipinski definition) is 1. The number of benzene rings is 1. The summed E-state index contributed by atoms with van der Waals surface area (Å²) >= 11 is 0. The number of anilines is 1. The Bertz CT molecular complexity index is 951. The number of para-hydroxylation sites is 2. The maximum Gasteiger partial charge on any atom is 0.344 e. The fourth-order valence-electron chi connectivity index (χ4n) is 3.17. The minimum atomic E-state index is -0.499. The molecular weight excluding hydrogens is 344 g/mol. The van der Waals surface area contributed by atoms with Crippen molar-refractivity contribution in [3.8, 4) is 0 Å². The van der Waals surface area contributed by atoms with E-state index in [9.17, 15) is 4.79 Å². The molecule has 3 rings (SSSR count). The maximum absolute atomic E-state index is 12.8. The number of methoxy groups -OCH3 is 1. The quantitative estimate of drug-likeness (QED) is 0.481. The summed E-state index contributed by atoms with van der Waals surface area (Å²) < 4.78 is 12.4. The van der Waals surface area contributed by atoms with E-state index in [2.05, 4.69) is 11.9 Å². The van der Waals surface area contributed by atoms with Crippen LogP contribution < -0.4 is 5.73 Å². The smallest absolute Gasteiger partial charge is 0.344 e. The van der Waals surface area contributed by atoms with Gasteiger partial charge in [-0.2, -0.15) is 0 Å². The first kappa shape index (κ1) is 19.1. The van der Waals surface area contributed by atoms with E-state index in [4.69, 9.17) is 20.2 Å². The van der Waals surface area contributed by atoms with E-state index in [-0.39, 0.29) is 11.7 Å². The second-order valence-electron chi connectivity index (χ2n) is 6.67. The summed E-state index contributed by atoms with van der Waals surface area (Å²) in [6.45, 7) is 4.92. The van der Waals surface area contributed by atoms with E-state index in [1.54, 1.807) is 14.0 Å². The van der Waals surface area contributed by atoms with E-state index in [0.29, 0.717) is 30.1 Å². The zero-order valence-corrected chi connectivity index (χ0v) is 16.1. The van der Waals surface area contributed by atoms with Crippen molar-refractivity contribution in [1.29, 1.82) is 0 Å². The second-order valence-corrected chi connectivity index (χ2v) is 6.67. The number of nitrogens with zero attached hydrogens (tertiary/aromatic N) is 3. The SMILES string of the molecule is CCCCCn1c(N)c(C(=O)O[C@H](C)COC)c2nc3ccccc3nc21. The van der Waals surface area contributed by atoms with Crippen molar-refractivity contribution in [2.24, 2.45) is 0 Å². The number of nitrogen functional groups attached to an aromatic ring is 1. The third kappa shape index (κ3) is 3.88. The number of unbranched alkanes of at least 4 members (excludes halogenated alkanes) is 2. The van der Waals surface area contributed by atoms with Gasteiger partial charge in [0, 0.05) is 13.7 Å². The predicted molar refractivity (Wildman–Crippen MR) is 106 cm³/mol. The van der Waals surface area contributed by atoms with E-state index in [0.717, 1.165) is 30.3 Å². The molecule has 1 aromatic carbocycles. The molecule has 27 heavy (non-hydrogen) atoms. The van der Waals surface area contributed by atoms with Crippen LogP contribution in [0.4, 0.5) is 5.82 Å². The number of hydrogen-bond acceptors (Lipinski definition) is 6. The molecule has 0 aliphatic carbocycles. The number of carbonyl (C=O) groups is 1. The number of carbonyl (C=O) groups excluding carboxylic acids is 1. The molecule has 0 radical (unpaired) electrons. The number of esters is 1. The van der Waals surface area contributed by atoms with Crippen LogP contribution in [0, 0.1) is 0 Å². The Morgan fingerprint density at radius 2 is 1.93 bits per heavy atom. The van der Waals surface area contributed by atoms with Gasteiger partial charge in [0.25, 0.3) is 0 Å². The molecule has 2 aromatic heterocycles. The van der Waals surface area contributed by atoms with Gasteiger partial charge in [0.05, 0.1) is 17.6 Å². The molecule has 7 heteroatoms. The first-order chi connectivity index (χ1) is 13.1.